The van der Waals surface area contributed by atoms with Gasteiger partial charge in [-0.1, -0.05) is 30.3 Å². The summed E-state index contributed by atoms with van der Waals surface area (Å²) in [6.45, 7) is 1.72. The minimum Gasteiger partial charge on any atom is -0.259 e. The van der Waals surface area contributed by atoms with Gasteiger partial charge in [0.1, 0.15) is 11.6 Å². The van der Waals surface area contributed by atoms with Crippen LogP contribution in [0.1, 0.15) is 23.3 Å². The molecule has 4 heteroatoms. The first-order valence-electron chi connectivity index (χ1n) is 5.94. The largest absolute Gasteiger partial charge is 0.259 e. The molecule has 0 aromatic heterocycles. The van der Waals surface area contributed by atoms with Crippen LogP contribution in [0.25, 0.3) is 0 Å². The van der Waals surface area contributed by atoms with E-state index in [4.69, 9.17) is 0 Å². The van der Waals surface area contributed by atoms with E-state index in [0.717, 1.165) is 0 Å². The summed E-state index contributed by atoms with van der Waals surface area (Å²) in [5.41, 5.74) is 1.08. The topological polar surface area (TPSA) is 17.1 Å². The van der Waals surface area contributed by atoms with Crippen molar-refractivity contribution in [2.24, 2.45) is 0 Å². The average molecular weight is 280 g/mol. The smallest absolute Gasteiger partial charge is 0.127 e. The second-order valence-electron chi connectivity index (χ2n) is 4.32. The lowest BCUT2D eigenvalue weighted by molar-refractivity contribution is 0.606. The van der Waals surface area contributed by atoms with Gasteiger partial charge in [0.15, 0.2) is 0 Å². The van der Waals surface area contributed by atoms with Gasteiger partial charge < -0.3 is 0 Å². The number of halogens is 2. The van der Waals surface area contributed by atoms with Gasteiger partial charge in [-0.2, -0.15) is 0 Å². The van der Waals surface area contributed by atoms with Crippen molar-refractivity contribution in [3.63, 3.8) is 0 Å². The van der Waals surface area contributed by atoms with Crippen molar-refractivity contribution in [1.29, 1.82) is 0 Å². The zero-order valence-corrected chi connectivity index (χ0v) is 11.3. The van der Waals surface area contributed by atoms with Crippen LogP contribution in [0.3, 0.4) is 0 Å². The Morgan fingerprint density at radius 2 is 1.84 bits per heavy atom. The van der Waals surface area contributed by atoms with Gasteiger partial charge in [0.05, 0.1) is 5.25 Å². The maximum atomic E-state index is 13.6. The zero-order chi connectivity index (χ0) is 13.8. The molecule has 1 nitrogen and oxygen atoms in total. The van der Waals surface area contributed by atoms with Gasteiger partial charge in [-0.25, -0.2) is 8.78 Å². The number of hydrogen-bond donors (Lipinski definition) is 0. The molecule has 0 aliphatic heterocycles. The molecule has 19 heavy (non-hydrogen) atoms. The van der Waals surface area contributed by atoms with Crippen LogP contribution >= 0.6 is 0 Å². The summed E-state index contributed by atoms with van der Waals surface area (Å²) < 4.78 is 38.9. The Morgan fingerprint density at radius 3 is 2.53 bits per heavy atom. The molecule has 2 aromatic carbocycles. The molecule has 100 valence electrons. The van der Waals surface area contributed by atoms with Crippen LogP contribution in [-0.2, 0) is 16.6 Å². The van der Waals surface area contributed by atoms with Crippen molar-refractivity contribution >= 4 is 10.8 Å². The summed E-state index contributed by atoms with van der Waals surface area (Å²) in [6, 6.07) is 12.3. The van der Waals surface area contributed by atoms with Crippen molar-refractivity contribution in [1.82, 2.24) is 0 Å². The summed E-state index contributed by atoms with van der Waals surface area (Å²) >= 11 is 0. The van der Waals surface area contributed by atoms with Crippen LogP contribution in [0, 0.1) is 11.6 Å². The van der Waals surface area contributed by atoms with Crippen LogP contribution in [0.5, 0.6) is 0 Å². The maximum Gasteiger partial charge on any atom is 0.127 e. The van der Waals surface area contributed by atoms with Gasteiger partial charge in [0.25, 0.3) is 0 Å². The Morgan fingerprint density at radius 1 is 1.11 bits per heavy atom. The summed E-state index contributed by atoms with van der Waals surface area (Å²) in [5.74, 6) is -0.497. The first-order valence-corrected chi connectivity index (χ1v) is 7.32. The van der Waals surface area contributed by atoms with Gasteiger partial charge in [0.2, 0.25) is 0 Å². The normalized spacial score (nSPS) is 14.1. The van der Waals surface area contributed by atoms with Gasteiger partial charge in [0, 0.05) is 22.1 Å². The van der Waals surface area contributed by atoms with Crippen LogP contribution in [0.4, 0.5) is 8.78 Å². The van der Waals surface area contributed by atoms with Gasteiger partial charge in [-0.15, -0.1) is 0 Å². The molecule has 0 fully saturated rings. The van der Waals surface area contributed by atoms with E-state index in [1.807, 2.05) is 0 Å². The first-order chi connectivity index (χ1) is 9.08. The predicted octanol–water partition coefficient (Wildman–Crippen LogP) is 3.97. The van der Waals surface area contributed by atoms with Crippen LogP contribution in [-0.4, -0.2) is 4.21 Å². The molecule has 0 radical (unpaired) electrons. The Balaban J connectivity index is 2.14. The molecule has 0 amide bonds. The molecule has 0 unspecified atom stereocenters. The van der Waals surface area contributed by atoms with Crippen molar-refractivity contribution < 1.29 is 13.0 Å². The third-order valence-electron chi connectivity index (χ3n) is 2.94. The van der Waals surface area contributed by atoms with Crippen molar-refractivity contribution in [3.05, 3.63) is 71.3 Å². The predicted molar refractivity (Wildman–Crippen MR) is 73.1 cm³/mol. The van der Waals surface area contributed by atoms with Crippen LogP contribution in [0.15, 0.2) is 48.5 Å². The fourth-order valence-electron chi connectivity index (χ4n) is 1.86. The zero-order valence-electron chi connectivity index (χ0n) is 10.5. The minimum absolute atomic E-state index is 0.216. The van der Waals surface area contributed by atoms with E-state index < -0.39 is 16.0 Å². The minimum atomic E-state index is -1.29. The Kier molecular flexibility index (Phi) is 4.43. The average Bonchev–Trinajstić information content (AvgIpc) is 2.38. The van der Waals surface area contributed by atoms with E-state index in [1.165, 1.54) is 18.2 Å². The third kappa shape index (κ3) is 3.47. The van der Waals surface area contributed by atoms with Gasteiger partial charge in [-0.05, 0) is 30.7 Å². The molecule has 0 N–H and O–H groups in total. The van der Waals surface area contributed by atoms with Crippen molar-refractivity contribution in [2.45, 2.75) is 17.9 Å². The molecule has 2 atom stereocenters. The van der Waals surface area contributed by atoms with Crippen molar-refractivity contribution in [3.8, 4) is 0 Å². The Bertz CT molecular complexity index is 598. The van der Waals surface area contributed by atoms with E-state index in [-0.39, 0.29) is 17.4 Å². The molecule has 0 saturated carbocycles. The van der Waals surface area contributed by atoms with Crippen LogP contribution in [0.2, 0.25) is 0 Å². The maximum absolute atomic E-state index is 13.6. The monoisotopic (exact) mass is 280 g/mol. The highest BCUT2D eigenvalue weighted by Gasteiger charge is 2.17. The molecular formula is C15H14F2OS. The lowest BCUT2D eigenvalue weighted by atomic mass is 10.1. The van der Waals surface area contributed by atoms with Gasteiger partial charge >= 0.3 is 0 Å². The molecule has 0 bridgehead atoms. The quantitative estimate of drug-likeness (QED) is 0.828. The van der Waals surface area contributed by atoms with E-state index in [2.05, 4.69) is 0 Å². The second kappa shape index (κ2) is 6.06. The van der Waals surface area contributed by atoms with Gasteiger partial charge in [-0.3, -0.25) is 4.21 Å². The molecule has 0 aliphatic carbocycles. The molecule has 0 saturated heterocycles. The molecule has 2 aromatic rings. The highest BCUT2D eigenvalue weighted by molar-refractivity contribution is 7.84. The van der Waals surface area contributed by atoms with E-state index in [0.29, 0.717) is 11.1 Å². The van der Waals surface area contributed by atoms with E-state index >= 15 is 0 Å². The number of hydrogen-bond acceptors (Lipinski definition) is 1. The van der Waals surface area contributed by atoms with Crippen molar-refractivity contribution in [2.75, 3.05) is 0 Å². The first kappa shape index (κ1) is 13.9. The fourth-order valence-corrected chi connectivity index (χ4v) is 3.09. The molecule has 0 heterocycles. The van der Waals surface area contributed by atoms with Crippen LogP contribution < -0.4 is 0 Å². The molecule has 0 aliphatic rings. The number of rotatable bonds is 4. The molecule has 0 spiro atoms. The second-order valence-corrected chi connectivity index (χ2v) is 6.08. The molecule has 2 rings (SSSR count). The molecular weight excluding hydrogens is 266 g/mol. The summed E-state index contributed by atoms with van der Waals surface area (Å²) in [6.07, 6.45) is 0. The fraction of sp³-hybridized carbons (Fsp3) is 0.200. The lowest BCUT2D eigenvalue weighted by Gasteiger charge is -2.12. The van der Waals surface area contributed by atoms with E-state index in [9.17, 15) is 13.0 Å². The highest BCUT2D eigenvalue weighted by atomic mass is 32.2. The summed E-state index contributed by atoms with van der Waals surface area (Å²) in [4.78, 5) is 0. The number of benzene rings is 2. The van der Waals surface area contributed by atoms with E-state index in [1.54, 1.807) is 37.3 Å². The summed E-state index contributed by atoms with van der Waals surface area (Å²) in [5, 5.41) is -0.426. The summed E-state index contributed by atoms with van der Waals surface area (Å²) in [7, 11) is -1.29. The Labute approximate surface area is 113 Å². The SMILES string of the molecule is C[C@H](c1ccccc1F)[S@@](=O)Cc1cccc(F)c1. The standard InChI is InChI=1S/C15H14F2OS/c1-11(14-7-2-3-8-15(14)17)19(18)10-12-5-4-6-13(16)9-12/h2-9,11H,10H2,1H3/t11-,19+/m1/s1. The third-order valence-corrected chi connectivity index (χ3v) is 4.60. The highest BCUT2D eigenvalue weighted by Crippen LogP contribution is 2.24. The Hall–Kier alpha value is -1.55. The lowest BCUT2D eigenvalue weighted by Crippen LogP contribution is -2.07.